The number of hydrazine groups is 1. The summed E-state index contributed by atoms with van der Waals surface area (Å²) >= 11 is 1.34. The third-order valence-electron chi connectivity index (χ3n) is 3.40. The van der Waals surface area contributed by atoms with Crippen molar-refractivity contribution >= 4 is 23.2 Å². The SMILES string of the molecule is O=C(NNC(=O)C1CC1c1ccccc1)c1cccs1. The van der Waals surface area contributed by atoms with Crippen molar-refractivity contribution in [3.05, 3.63) is 58.3 Å². The summed E-state index contributed by atoms with van der Waals surface area (Å²) in [7, 11) is 0. The number of amides is 2. The second kappa shape index (κ2) is 5.46. The first-order valence-electron chi connectivity index (χ1n) is 6.44. The number of hydrogen-bond acceptors (Lipinski definition) is 3. The van der Waals surface area contributed by atoms with E-state index in [0.29, 0.717) is 4.88 Å². The average molecular weight is 286 g/mol. The molecule has 1 saturated carbocycles. The van der Waals surface area contributed by atoms with Gasteiger partial charge >= 0.3 is 0 Å². The molecule has 0 bridgehead atoms. The van der Waals surface area contributed by atoms with Crippen LogP contribution >= 0.6 is 11.3 Å². The number of carbonyl (C=O) groups is 2. The molecular formula is C15H14N2O2S. The molecule has 102 valence electrons. The van der Waals surface area contributed by atoms with E-state index in [1.54, 1.807) is 12.1 Å². The Kier molecular flexibility index (Phi) is 3.52. The molecule has 1 heterocycles. The Morgan fingerprint density at radius 3 is 2.55 bits per heavy atom. The van der Waals surface area contributed by atoms with Gasteiger partial charge in [0, 0.05) is 5.92 Å². The Bertz CT molecular complexity index is 610. The van der Waals surface area contributed by atoms with Crippen molar-refractivity contribution < 1.29 is 9.59 Å². The van der Waals surface area contributed by atoms with Gasteiger partial charge in [-0.15, -0.1) is 11.3 Å². The van der Waals surface area contributed by atoms with Crippen LogP contribution in [0.1, 0.15) is 27.6 Å². The maximum atomic E-state index is 11.9. The summed E-state index contributed by atoms with van der Waals surface area (Å²) in [6.07, 6.45) is 0.838. The minimum Gasteiger partial charge on any atom is -0.273 e. The monoisotopic (exact) mass is 286 g/mol. The summed E-state index contributed by atoms with van der Waals surface area (Å²) in [4.78, 5) is 24.2. The Morgan fingerprint density at radius 1 is 1.05 bits per heavy atom. The lowest BCUT2D eigenvalue weighted by atomic mass is 10.1. The second-order valence-corrected chi connectivity index (χ2v) is 5.73. The van der Waals surface area contributed by atoms with Crippen LogP contribution in [0.5, 0.6) is 0 Å². The quantitative estimate of drug-likeness (QED) is 0.851. The highest BCUT2D eigenvalue weighted by Gasteiger charge is 2.43. The molecule has 2 aromatic rings. The highest BCUT2D eigenvalue weighted by Crippen LogP contribution is 2.47. The zero-order valence-corrected chi connectivity index (χ0v) is 11.5. The van der Waals surface area contributed by atoms with E-state index >= 15 is 0 Å². The Hall–Kier alpha value is -2.14. The fourth-order valence-corrected chi connectivity index (χ4v) is 2.85. The largest absolute Gasteiger partial charge is 0.279 e. The van der Waals surface area contributed by atoms with Crippen molar-refractivity contribution in [3.8, 4) is 0 Å². The lowest BCUT2D eigenvalue weighted by Gasteiger charge is -2.06. The second-order valence-electron chi connectivity index (χ2n) is 4.78. The van der Waals surface area contributed by atoms with Gasteiger partial charge in [0.05, 0.1) is 4.88 Å². The molecule has 1 aliphatic rings. The van der Waals surface area contributed by atoms with Crippen LogP contribution in [0, 0.1) is 5.92 Å². The molecule has 2 amide bonds. The van der Waals surface area contributed by atoms with Crippen molar-refractivity contribution in [2.45, 2.75) is 12.3 Å². The van der Waals surface area contributed by atoms with Crippen LogP contribution in [0.4, 0.5) is 0 Å². The molecule has 1 fully saturated rings. The molecule has 2 N–H and O–H groups in total. The predicted octanol–water partition coefficient (Wildman–Crippen LogP) is 2.31. The van der Waals surface area contributed by atoms with E-state index < -0.39 is 0 Å². The Morgan fingerprint density at radius 2 is 1.85 bits per heavy atom. The lowest BCUT2D eigenvalue weighted by molar-refractivity contribution is -0.123. The molecule has 2 atom stereocenters. The predicted molar refractivity (Wildman–Crippen MR) is 77.2 cm³/mol. The van der Waals surface area contributed by atoms with Crippen molar-refractivity contribution in [3.63, 3.8) is 0 Å². The number of rotatable bonds is 3. The van der Waals surface area contributed by atoms with Gasteiger partial charge < -0.3 is 0 Å². The summed E-state index contributed by atoms with van der Waals surface area (Å²) in [6.45, 7) is 0. The van der Waals surface area contributed by atoms with Crippen LogP contribution in [0.15, 0.2) is 47.8 Å². The zero-order chi connectivity index (χ0) is 13.9. The summed E-state index contributed by atoms with van der Waals surface area (Å²) in [5.41, 5.74) is 6.13. The van der Waals surface area contributed by atoms with Gasteiger partial charge in [-0.1, -0.05) is 36.4 Å². The lowest BCUT2D eigenvalue weighted by Crippen LogP contribution is -2.42. The minimum absolute atomic E-state index is 0.0407. The van der Waals surface area contributed by atoms with Crippen LogP contribution in [-0.2, 0) is 4.79 Å². The molecule has 1 aromatic carbocycles. The highest BCUT2D eigenvalue weighted by atomic mass is 32.1. The number of benzene rings is 1. The van der Waals surface area contributed by atoms with Gasteiger partial charge in [-0.2, -0.15) is 0 Å². The van der Waals surface area contributed by atoms with Gasteiger partial charge in [0.25, 0.3) is 5.91 Å². The Labute approximate surface area is 120 Å². The van der Waals surface area contributed by atoms with Gasteiger partial charge in [0.15, 0.2) is 0 Å². The first kappa shape index (κ1) is 12.9. The standard InChI is InChI=1S/C15H14N2O2S/c18-14(16-17-15(19)13-7-4-8-20-13)12-9-11(12)10-5-2-1-3-6-10/h1-8,11-12H,9H2,(H,16,18)(H,17,19). The smallest absolute Gasteiger partial charge is 0.273 e. The number of carbonyl (C=O) groups excluding carboxylic acids is 2. The van der Waals surface area contributed by atoms with Crippen LogP contribution in [0.25, 0.3) is 0 Å². The molecule has 1 aromatic heterocycles. The van der Waals surface area contributed by atoms with Crippen molar-refractivity contribution in [1.29, 1.82) is 0 Å². The number of nitrogens with one attached hydrogen (secondary N) is 2. The van der Waals surface area contributed by atoms with E-state index in [0.717, 1.165) is 6.42 Å². The van der Waals surface area contributed by atoms with Gasteiger partial charge in [-0.05, 0) is 29.3 Å². The number of thiophene rings is 1. The van der Waals surface area contributed by atoms with E-state index in [1.807, 2.05) is 35.7 Å². The van der Waals surface area contributed by atoms with Crippen molar-refractivity contribution in [1.82, 2.24) is 10.9 Å². The molecule has 0 spiro atoms. The molecule has 4 nitrogen and oxygen atoms in total. The molecule has 20 heavy (non-hydrogen) atoms. The summed E-state index contributed by atoms with van der Waals surface area (Å²) < 4.78 is 0. The van der Waals surface area contributed by atoms with E-state index in [9.17, 15) is 9.59 Å². The van der Waals surface area contributed by atoms with E-state index in [1.165, 1.54) is 16.9 Å². The molecule has 0 aliphatic heterocycles. The van der Waals surface area contributed by atoms with Gasteiger partial charge in [-0.3, -0.25) is 20.4 Å². The van der Waals surface area contributed by atoms with Crippen molar-refractivity contribution in [2.24, 2.45) is 5.92 Å². The molecule has 0 saturated heterocycles. The molecular weight excluding hydrogens is 272 g/mol. The van der Waals surface area contributed by atoms with E-state index in [4.69, 9.17) is 0 Å². The van der Waals surface area contributed by atoms with E-state index in [2.05, 4.69) is 10.9 Å². The first-order valence-corrected chi connectivity index (χ1v) is 7.32. The fraction of sp³-hybridized carbons (Fsp3) is 0.200. The van der Waals surface area contributed by atoms with Gasteiger partial charge in [0.1, 0.15) is 0 Å². The molecule has 2 unspecified atom stereocenters. The normalized spacial score (nSPS) is 20.2. The van der Waals surface area contributed by atoms with Gasteiger partial charge in [0.2, 0.25) is 5.91 Å². The van der Waals surface area contributed by atoms with Crippen LogP contribution in [0.3, 0.4) is 0 Å². The fourth-order valence-electron chi connectivity index (χ4n) is 2.23. The zero-order valence-electron chi connectivity index (χ0n) is 10.7. The average Bonchev–Trinajstić information content (AvgIpc) is 3.10. The van der Waals surface area contributed by atoms with Crippen LogP contribution in [-0.4, -0.2) is 11.8 Å². The molecule has 3 rings (SSSR count). The van der Waals surface area contributed by atoms with Crippen molar-refractivity contribution in [2.75, 3.05) is 0 Å². The molecule has 5 heteroatoms. The highest BCUT2D eigenvalue weighted by molar-refractivity contribution is 7.12. The number of hydrogen-bond donors (Lipinski definition) is 2. The first-order chi connectivity index (χ1) is 9.75. The third kappa shape index (κ3) is 2.72. The Balaban J connectivity index is 1.51. The van der Waals surface area contributed by atoms with Crippen LogP contribution in [0.2, 0.25) is 0 Å². The minimum atomic E-state index is -0.273. The maximum Gasteiger partial charge on any atom is 0.279 e. The molecule has 0 radical (unpaired) electrons. The van der Waals surface area contributed by atoms with Crippen LogP contribution < -0.4 is 10.9 Å². The summed E-state index contributed by atoms with van der Waals surface area (Å²) in [5, 5.41) is 1.82. The summed E-state index contributed by atoms with van der Waals surface area (Å²) in [5.74, 6) is -0.162. The maximum absolute atomic E-state index is 11.9. The topological polar surface area (TPSA) is 58.2 Å². The molecule has 1 aliphatic carbocycles. The van der Waals surface area contributed by atoms with E-state index in [-0.39, 0.29) is 23.7 Å². The van der Waals surface area contributed by atoms with Gasteiger partial charge in [-0.25, -0.2) is 0 Å². The summed E-state index contributed by atoms with van der Waals surface area (Å²) in [6, 6.07) is 13.5. The third-order valence-corrected chi connectivity index (χ3v) is 4.27.